The van der Waals surface area contributed by atoms with Crippen LogP contribution in [0.4, 0.5) is 5.69 Å². The molecule has 2 rings (SSSR count). The fourth-order valence-electron chi connectivity index (χ4n) is 2.21. The topological polar surface area (TPSA) is 78.4 Å². The SMILES string of the molecule is CCc1cccc(NC(=O)CNC(=NC)NCc2ncc(CC)s2)c1.I. The molecule has 2 aromatic rings. The summed E-state index contributed by atoms with van der Waals surface area (Å²) in [5.41, 5.74) is 2.00. The van der Waals surface area contributed by atoms with Gasteiger partial charge in [-0.05, 0) is 30.5 Å². The number of aliphatic imine (C=N–C) groups is 1. The first-order valence-electron chi connectivity index (χ1n) is 8.41. The number of benzene rings is 1. The molecule has 0 saturated heterocycles. The number of carbonyl (C=O) groups is 1. The number of amides is 1. The standard InChI is InChI=1S/C18H25N5OS.HI/c1-4-13-7-6-8-14(9-13)23-16(24)11-21-18(19-3)22-12-17-20-10-15(5-2)25-17;/h6-10H,4-5,11-12H2,1-3H3,(H,23,24)(H2,19,21,22);1H. The zero-order chi connectivity index (χ0) is 18.1. The molecule has 1 amide bonds. The smallest absolute Gasteiger partial charge is 0.243 e. The molecular formula is C18H26IN5OS. The number of halogens is 1. The lowest BCUT2D eigenvalue weighted by Crippen LogP contribution is -2.41. The normalized spacial score (nSPS) is 10.8. The van der Waals surface area contributed by atoms with Crippen LogP contribution in [-0.2, 0) is 24.2 Å². The summed E-state index contributed by atoms with van der Waals surface area (Å²) in [6.45, 7) is 4.93. The van der Waals surface area contributed by atoms with Crippen LogP contribution in [-0.4, -0.2) is 30.4 Å². The third-order valence-electron chi connectivity index (χ3n) is 3.62. The van der Waals surface area contributed by atoms with Gasteiger partial charge in [-0.25, -0.2) is 4.98 Å². The Labute approximate surface area is 175 Å². The van der Waals surface area contributed by atoms with E-state index in [1.54, 1.807) is 18.4 Å². The lowest BCUT2D eigenvalue weighted by atomic mass is 10.1. The Kier molecular flexibility index (Phi) is 10.2. The Bertz CT molecular complexity index is 732. The Morgan fingerprint density at radius 1 is 1.23 bits per heavy atom. The van der Waals surface area contributed by atoms with Crippen molar-refractivity contribution in [2.45, 2.75) is 33.2 Å². The molecule has 1 aromatic carbocycles. The summed E-state index contributed by atoms with van der Waals surface area (Å²) < 4.78 is 0. The molecule has 1 heterocycles. The molecule has 0 aliphatic rings. The minimum absolute atomic E-state index is 0. The number of rotatable bonds is 7. The molecule has 0 atom stereocenters. The lowest BCUT2D eigenvalue weighted by molar-refractivity contribution is -0.115. The van der Waals surface area contributed by atoms with Crippen LogP contribution in [0.15, 0.2) is 35.5 Å². The molecule has 1 aromatic heterocycles. The van der Waals surface area contributed by atoms with Crippen LogP contribution in [0, 0.1) is 0 Å². The van der Waals surface area contributed by atoms with Gasteiger partial charge in [0.1, 0.15) is 5.01 Å². The first kappa shape index (κ1) is 22.4. The molecule has 8 heteroatoms. The van der Waals surface area contributed by atoms with Gasteiger partial charge in [-0.3, -0.25) is 9.79 Å². The predicted molar refractivity (Wildman–Crippen MR) is 120 cm³/mol. The fraction of sp³-hybridized carbons (Fsp3) is 0.389. The van der Waals surface area contributed by atoms with Gasteiger partial charge in [-0.1, -0.05) is 26.0 Å². The maximum Gasteiger partial charge on any atom is 0.243 e. The number of hydrogen-bond acceptors (Lipinski definition) is 4. The number of nitrogens with one attached hydrogen (secondary N) is 3. The van der Waals surface area contributed by atoms with Crippen molar-refractivity contribution < 1.29 is 4.79 Å². The maximum absolute atomic E-state index is 12.1. The quantitative estimate of drug-likeness (QED) is 0.319. The first-order chi connectivity index (χ1) is 12.1. The van der Waals surface area contributed by atoms with E-state index in [0.717, 1.165) is 23.5 Å². The second-order valence-electron chi connectivity index (χ2n) is 5.46. The number of aromatic nitrogens is 1. The van der Waals surface area contributed by atoms with Gasteiger partial charge in [0.25, 0.3) is 0 Å². The molecular weight excluding hydrogens is 461 g/mol. The zero-order valence-electron chi connectivity index (χ0n) is 15.3. The average molecular weight is 487 g/mol. The van der Waals surface area contributed by atoms with Crippen molar-refractivity contribution >= 4 is 52.9 Å². The number of hydrogen-bond donors (Lipinski definition) is 3. The van der Waals surface area contributed by atoms with E-state index in [-0.39, 0.29) is 36.4 Å². The summed E-state index contributed by atoms with van der Waals surface area (Å²) in [6, 6.07) is 7.86. The van der Waals surface area contributed by atoms with Gasteiger partial charge in [0, 0.05) is 23.8 Å². The van der Waals surface area contributed by atoms with E-state index in [4.69, 9.17) is 0 Å². The van der Waals surface area contributed by atoms with E-state index in [1.165, 1.54) is 10.4 Å². The van der Waals surface area contributed by atoms with Crippen LogP contribution in [0.25, 0.3) is 0 Å². The third-order valence-corrected chi connectivity index (χ3v) is 4.76. The van der Waals surface area contributed by atoms with Gasteiger partial charge in [0.15, 0.2) is 5.96 Å². The minimum atomic E-state index is -0.112. The molecule has 3 N–H and O–H groups in total. The Hall–Kier alpha value is -1.68. The third kappa shape index (κ3) is 7.28. The van der Waals surface area contributed by atoms with E-state index >= 15 is 0 Å². The fourth-order valence-corrected chi connectivity index (χ4v) is 3.01. The molecule has 0 unspecified atom stereocenters. The predicted octanol–water partition coefficient (Wildman–Crippen LogP) is 3.19. The molecule has 0 fully saturated rings. The second-order valence-corrected chi connectivity index (χ2v) is 6.66. The van der Waals surface area contributed by atoms with Crippen LogP contribution in [0.2, 0.25) is 0 Å². The Morgan fingerprint density at radius 2 is 2.04 bits per heavy atom. The maximum atomic E-state index is 12.1. The summed E-state index contributed by atoms with van der Waals surface area (Å²) in [6.07, 6.45) is 3.83. The number of anilines is 1. The minimum Gasteiger partial charge on any atom is -0.350 e. The molecule has 0 bridgehead atoms. The van der Waals surface area contributed by atoms with Gasteiger partial charge >= 0.3 is 0 Å². The van der Waals surface area contributed by atoms with Crippen molar-refractivity contribution in [3.63, 3.8) is 0 Å². The summed E-state index contributed by atoms with van der Waals surface area (Å²) in [7, 11) is 1.68. The van der Waals surface area contributed by atoms with Crippen molar-refractivity contribution in [2.75, 3.05) is 18.9 Å². The number of thiazole rings is 1. The van der Waals surface area contributed by atoms with Gasteiger partial charge in [0.05, 0.1) is 13.1 Å². The highest BCUT2D eigenvalue weighted by Crippen LogP contribution is 2.13. The van der Waals surface area contributed by atoms with E-state index < -0.39 is 0 Å². The molecule has 0 aliphatic heterocycles. The van der Waals surface area contributed by atoms with Gasteiger partial charge < -0.3 is 16.0 Å². The van der Waals surface area contributed by atoms with Crippen molar-refractivity contribution in [1.82, 2.24) is 15.6 Å². The highest BCUT2D eigenvalue weighted by Gasteiger charge is 2.06. The van der Waals surface area contributed by atoms with Crippen LogP contribution in [0.1, 0.15) is 29.3 Å². The summed E-state index contributed by atoms with van der Waals surface area (Å²) in [4.78, 5) is 21.8. The molecule has 142 valence electrons. The van der Waals surface area contributed by atoms with Crippen molar-refractivity contribution in [3.05, 3.63) is 45.9 Å². The van der Waals surface area contributed by atoms with Crippen LogP contribution in [0.5, 0.6) is 0 Å². The van der Waals surface area contributed by atoms with Gasteiger partial charge in [-0.15, -0.1) is 35.3 Å². The lowest BCUT2D eigenvalue weighted by Gasteiger charge is -2.11. The molecule has 0 radical (unpaired) electrons. The number of nitrogens with zero attached hydrogens (tertiary/aromatic N) is 2. The van der Waals surface area contributed by atoms with E-state index in [0.29, 0.717) is 12.5 Å². The van der Waals surface area contributed by atoms with Crippen LogP contribution in [0.3, 0.4) is 0 Å². The van der Waals surface area contributed by atoms with Crippen LogP contribution >= 0.6 is 35.3 Å². The van der Waals surface area contributed by atoms with Gasteiger partial charge in [-0.2, -0.15) is 0 Å². The molecule has 26 heavy (non-hydrogen) atoms. The van der Waals surface area contributed by atoms with Crippen molar-refractivity contribution in [3.8, 4) is 0 Å². The van der Waals surface area contributed by atoms with Gasteiger partial charge in [0.2, 0.25) is 5.91 Å². The van der Waals surface area contributed by atoms with E-state index in [2.05, 4.69) is 39.8 Å². The van der Waals surface area contributed by atoms with E-state index in [9.17, 15) is 4.79 Å². The number of guanidine groups is 1. The van der Waals surface area contributed by atoms with Crippen molar-refractivity contribution in [2.24, 2.45) is 4.99 Å². The summed E-state index contributed by atoms with van der Waals surface area (Å²) in [5, 5.41) is 10.1. The molecule has 0 aliphatic carbocycles. The summed E-state index contributed by atoms with van der Waals surface area (Å²) in [5.74, 6) is 0.462. The average Bonchev–Trinajstić information content (AvgIpc) is 3.10. The highest BCUT2D eigenvalue weighted by atomic mass is 127. The second kappa shape index (κ2) is 11.8. The molecule has 6 nitrogen and oxygen atoms in total. The number of aryl methyl sites for hydroxylation is 2. The Morgan fingerprint density at radius 3 is 2.69 bits per heavy atom. The monoisotopic (exact) mass is 487 g/mol. The first-order valence-corrected chi connectivity index (χ1v) is 9.23. The molecule has 0 saturated carbocycles. The molecule has 0 spiro atoms. The largest absolute Gasteiger partial charge is 0.350 e. The van der Waals surface area contributed by atoms with E-state index in [1.807, 2.05) is 30.5 Å². The zero-order valence-corrected chi connectivity index (χ0v) is 18.5. The van der Waals surface area contributed by atoms with Crippen molar-refractivity contribution in [1.29, 1.82) is 0 Å². The Balaban J connectivity index is 0.00000338. The summed E-state index contributed by atoms with van der Waals surface area (Å²) >= 11 is 1.68. The number of carbonyl (C=O) groups excluding carboxylic acids is 1. The van der Waals surface area contributed by atoms with Crippen LogP contribution < -0.4 is 16.0 Å². The highest BCUT2D eigenvalue weighted by molar-refractivity contribution is 14.0.